The Hall–Kier alpha value is -1.32. The van der Waals surface area contributed by atoms with Crippen LogP contribution < -0.4 is 10.0 Å². The van der Waals surface area contributed by atoms with Crippen molar-refractivity contribution in [3.63, 3.8) is 0 Å². The third-order valence-corrected chi connectivity index (χ3v) is 5.73. The van der Waals surface area contributed by atoms with Gasteiger partial charge in [-0.3, -0.25) is 0 Å². The van der Waals surface area contributed by atoms with E-state index in [1.807, 2.05) is 0 Å². The first-order chi connectivity index (χ1) is 11.4. The molecule has 1 heterocycles. The summed E-state index contributed by atoms with van der Waals surface area (Å²) in [5, 5.41) is 4.92. The van der Waals surface area contributed by atoms with Crippen LogP contribution in [0, 0.1) is 0 Å². The summed E-state index contributed by atoms with van der Waals surface area (Å²) in [5.74, 6) is 0. The SMILES string of the molecule is CC(C)N1CCC(N(C)c2ccc(S(N)(=O)=O)c(C(F)(F)F)c2)CC1. The molecule has 0 bridgehead atoms. The highest BCUT2D eigenvalue weighted by Crippen LogP contribution is 2.37. The lowest BCUT2D eigenvalue weighted by Gasteiger charge is -2.39. The van der Waals surface area contributed by atoms with Gasteiger partial charge in [0, 0.05) is 37.9 Å². The molecule has 9 heteroatoms. The van der Waals surface area contributed by atoms with Gasteiger partial charge in [0.15, 0.2) is 0 Å². The van der Waals surface area contributed by atoms with Crippen molar-refractivity contribution in [1.29, 1.82) is 0 Å². The van der Waals surface area contributed by atoms with Crippen LogP contribution in [0.1, 0.15) is 32.3 Å². The molecule has 0 amide bonds. The van der Waals surface area contributed by atoms with E-state index in [9.17, 15) is 21.6 Å². The Balaban J connectivity index is 2.28. The number of hydrogen-bond donors (Lipinski definition) is 1. The standard InChI is InChI=1S/C16H24F3N3O2S/c1-11(2)22-8-6-12(7-9-22)21(3)13-4-5-15(25(20,23)24)14(10-13)16(17,18)19/h4-5,10-12H,6-9H2,1-3H3,(H2,20,23,24). The second kappa shape index (κ2) is 7.13. The van der Waals surface area contributed by atoms with Crippen molar-refractivity contribution in [2.75, 3.05) is 25.0 Å². The molecule has 1 aliphatic heterocycles. The summed E-state index contributed by atoms with van der Waals surface area (Å²) < 4.78 is 62.7. The maximum atomic E-state index is 13.3. The lowest BCUT2D eigenvalue weighted by atomic mass is 10.0. The van der Waals surface area contributed by atoms with Gasteiger partial charge < -0.3 is 9.80 Å². The average Bonchev–Trinajstić information content (AvgIpc) is 2.52. The number of likely N-dealkylation sites (tertiary alicyclic amines) is 1. The maximum absolute atomic E-state index is 13.3. The predicted octanol–water partition coefficient (Wildman–Crippen LogP) is 2.66. The van der Waals surface area contributed by atoms with E-state index >= 15 is 0 Å². The molecule has 0 atom stereocenters. The van der Waals surface area contributed by atoms with Crippen molar-refractivity contribution in [2.45, 2.75) is 49.8 Å². The van der Waals surface area contributed by atoms with Crippen molar-refractivity contribution in [3.05, 3.63) is 23.8 Å². The third-order valence-electron chi connectivity index (χ3n) is 4.76. The summed E-state index contributed by atoms with van der Waals surface area (Å²) in [7, 11) is -2.71. The van der Waals surface area contributed by atoms with Crippen LogP contribution in [-0.4, -0.2) is 45.5 Å². The smallest absolute Gasteiger partial charge is 0.372 e. The Morgan fingerprint density at radius 2 is 1.80 bits per heavy atom. The van der Waals surface area contributed by atoms with Crippen LogP contribution in [0.25, 0.3) is 0 Å². The number of alkyl halides is 3. The molecule has 0 aromatic heterocycles. The summed E-state index contributed by atoms with van der Waals surface area (Å²) in [5.41, 5.74) is -0.887. The fraction of sp³-hybridized carbons (Fsp3) is 0.625. The van der Waals surface area contributed by atoms with E-state index in [0.717, 1.165) is 38.1 Å². The molecule has 5 nitrogen and oxygen atoms in total. The monoisotopic (exact) mass is 379 g/mol. The summed E-state index contributed by atoms with van der Waals surface area (Å²) in [4.78, 5) is 3.22. The highest BCUT2D eigenvalue weighted by molar-refractivity contribution is 7.89. The van der Waals surface area contributed by atoms with Crippen LogP contribution in [0.2, 0.25) is 0 Å². The molecule has 0 radical (unpaired) electrons. The number of nitrogens with two attached hydrogens (primary N) is 1. The second-order valence-electron chi connectivity index (χ2n) is 6.70. The number of benzene rings is 1. The summed E-state index contributed by atoms with van der Waals surface area (Å²) in [6.45, 7) is 6.00. The van der Waals surface area contributed by atoms with Crippen LogP contribution in [-0.2, 0) is 16.2 Å². The zero-order valence-corrected chi connectivity index (χ0v) is 15.4. The average molecular weight is 379 g/mol. The van der Waals surface area contributed by atoms with Crippen LogP contribution in [0.15, 0.2) is 23.1 Å². The van der Waals surface area contributed by atoms with E-state index in [1.54, 1.807) is 11.9 Å². The largest absolute Gasteiger partial charge is 0.417 e. The topological polar surface area (TPSA) is 66.6 Å². The van der Waals surface area contributed by atoms with Crippen LogP contribution in [0.4, 0.5) is 18.9 Å². The van der Waals surface area contributed by atoms with Gasteiger partial charge in [-0.05, 0) is 44.9 Å². The number of primary sulfonamides is 1. The minimum atomic E-state index is -4.79. The molecule has 1 aromatic carbocycles. The molecule has 1 aromatic rings. The van der Waals surface area contributed by atoms with Crippen LogP contribution in [0.5, 0.6) is 0 Å². The van der Waals surface area contributed by atoms with E-state index in [2.05, 4.69) is 18.7 Å². The number of piperidine rings is 1. The first kappa shape index (κ1) is 20.0. The van der Waals surface area contributed by atoms with Gasteiger partial charge in [-0.2, -0.15) is 13.2 Å². The third kappa shape index (κ3) is 4.65. The Morgan fingerprint density at radius 3 is 2.24 bits per heavy atom. The van der Waals surface area contributed by atoms with Crippen molar-refractivity contribution >= 4 is 15.7 Å². The molecule has 0 aliphatic carbocycles. The van der Waals surface area contributed by atoms with Gasteiger partial charge in [0.05, 0.1) is 10.5 Å². The Kier molecular flexibility index (Phi) is 5.70. The summed E-state index contributed by atoms with van der Waals surface area (Å²) in [6, 6.07) is 3.74. The van der Waals surface area contributed by atoms with Crippen molar-refractivity contribution in [1.82, 2.24) is 4.90 Å². The molecule has 1 fully saturated rings. The maximum Gasteiger partial charge on any atom is 0.417 e. The number of nitrogens with zero attached hydrogens (tertiary/aromatic N) is 2. The molecule has 0 spiro atoms. The molecule has 0 saturated carbocycles. The Morgan fingerprint density at radius 1 is 1.24 bits per heavy atom. The quantitative estimate of drug-likeness (QED) is 0.873. The van der Waals surface area contributed by atoms with Gasteiger partial charge in [0.1, 0.15) is 0 Å². The van der Waals surface area contributed by atoms with Gasteiger partial charge >= 0.3 is 6.18 Å². The molecular formula is C16H24F3N3O2S. The van der Waals surface area contributed by atoms with E-state index in [0.29, 0.717) is 11.7 Å². The number of hydrogen-bond acceptors (Lipinski definition) is 4. The van der Waals surface area contributed by atoms with Crippen molar-refractivity contribution in [3.8, 4) is 0 Å². The molecule has 2 rings (SSSR count). The first-order valence-corrected chi connectivity index (χ1v) is 9.67. The second-order valence-corrected chi connectivity index (χ2v) is 8.22. The summed E-state index contributed by atoms with van der Waals surface area (Å²) in [6.07, 6.45) is -3.11. The minimum Gasteiger partial charge on any atom is -0.372 e. The molecule has 2 N–H and O–H groups in total. The van der Waals surface area contributed by atoms with Crippen molar-refractivity contribution < 1.29 is 21.6 Å². The fourth-order valence-corrected chi connectivity index (χ4v) is 3.95. The molecule has 25 heavy (non-hydrogen) atoms. The number of rotatable bonds is 4. The normalized spacial score (nSPS) is 17.9. The van der Waals surface area contributed by atoms with E-state index in [4.69, 9.17) is 5.14 Å². The fourth-order valence-electron chi connectivity index (χ4n) is 3.21. The minimum absolute atomic E-state index is 0.108. The van der Waals surface area contributed by atoms with Gasteiger partial charge in [-0.15, -0.1) is 0 Å². The zero-order chi connectivity index (χ0) is 19.0. The molecule has 1 aliphatic rings. The van der Waals surface area contributed by atoms with Gasteiger partial charge in [-0.25, -0.2) is 13.6 Å². The molecular weight excluding hydrogens is 355 g/mol. The van der Waals surface area contributed by atoms with Crippen LogP contribution >= 0.6 is 0 Å². The number of sulfonamides is 1. The Labute approximate surface area is 146 Å². The highest BCUT2D eigenvalue weighted by atomic mass is 32.2. The highest BCUT2D eigenvalue weighted by Gasteiger charge is 2.37. The number of anilines is 1. The van der Waals surface area contributed by atoms with Gasteiger partial charge in [0.25, 0.3) is 0 Å². The lowest BCUT2D eigenvalue weighted by Crippen LogP contribution is -2.45. The summed E-state index contributed by atoms with van der Waals surface area (Å²) >= 11 is 0. The van der Waals surface area contributed by atoms with Crippen LogP contribution in [0.3, 0.4) is 0 Å². The zero-order valence-electron chi connectivity index (χ0n) is 14.5. The van der Waals surface area contributed by atoms with Gasteiger partial charge in [-0.1, -0.05) is 0 Å². The van der Waals surface area contributed by atoms with E-state index in [-0.39, 0.29) is 6.04 Å². The molecule has 0 unspecified atom stereocenters. The van der Waals surface area contributed by atoms with E-state index in [1.165, 1.54) is 6.07 Å². The first-order valence-electron chi connectivity index (χ1n) is 8.12. The van der Waals surface area contributed by atoms with Gasteiger partial charge in [0.2, 0.25) is 10.0 Å². The lowest BCUT2D eigenvalue weighted by molar-refractivity contribution is -0.139. The molecule has 1 saturated heterocycles. The molecule has 142 valence electrons. The van der Waals surface area contributed by atoms with Crippen molar-refractivity contribution in [2.24, 2.45) is 5.14 Å². The predicted molar refractivity (Wildman–Crippen MR) is 91.0 cm³/mol. The number of halogens is 3. The van der Waals surface area contributed by atoms with E-state index < -0.39 is 26.7 Å². The Bertz CT molecular complexity index is 712.